The SMILES string of the molecule is C=CC12C(=O)CC1CC(OC)=C2OC. The van der Waals surface area contributed by atoms with Crippen molar-refractivity contribution >= 4 is 5.78 Å². The Kier molecular flexibility index (Phi) is 1.91. The highest BCUT2D eigenvalue weighted by Gasteiger charge is 2.61. The number of allylic oxidation sites excluding steroid dienone is 2. The Morgan fingerprint density at radius 1 is 1.43 bits per heavy atom. The summed E-state index contributed by atoms with van der Waals surface area (Å²) in [4.78, 5) is 11.7. The van der Waals surface area contributed by atoms with E-state index in [1.54, 1.807) is 20.3 Å². The molecule has 0 aromatic rings. The molecule has 0 spiro atoms. The molecule has 0 aliphatic heterocycles. The molecule has 0 aromatic carbocycles. The van der Waals surface area contributed by atoms with Gasteiger partial charge in [0, 0.05) is 12.8 Å². The Labute approximate surface area is 83.4 Å². The molecule has 0 saturated heterocycles. The van der Waals surface area contributed by atoms with Crippen LogP contribution in [-0.4, -0.2) is 20.0 Å². The molecule has 0 radical (unpaired) electrons. The molecule has 3 heteroatoms. The van der Waals surface area contributed by atoms with E-state index in [1.165, 1.54) is 0 Å². The maximum absolute atomic E-state index is 11.7. The van der Waals surface area contributed by atoms with Gasteiger partial charge in [-0.2, -0.15) is 0 Å². The molecule has 2 atom stereocenters. The maximum Gasteiger partial charge on any atom is 0.151 e. The van der Waals surface area contributed by atoms with Crippen LogP contribution in [0.2, 0.25) is 0 Å². The Hall–Kier alpha value is -1.25. The minimum atomic E-state index is -0.569. The second kappa shape index (κ2) is 2.87. The average molecular weight is 194 g/mol. The van der Waals surface area contributed by atoms with Gasteiger partial charge in [0.15, 0.2) is 11.5 Å². The molecule has 2 aliphatic rings. The molecule has 14 heavy (non-hydrogen) atoms. The minimum Gasteiger partial charge on any atom is -0.498 e. The maximum atomic E-state index is 11.7. The van der Waals surface area contributed by atoms with Crippen LogP contribution in [0.1, 0.15) is 12.8 Å². The molecular weight excluding hydrogens is 180 g/mol. The van der Waals surface area contributed by atoms with Crippen LogP contribution in [0.15, 0.2) is 24.2 Å². The number of hydrogen-bond acceptors (Lipinski definition) is 3. The van der Waals surface area contributed by atoms with Gasteiger partial charge in [0.2, 0.25) is 0 Å². The molecule has 3 nitrogen and oxygen atoms in total. The van der Waals surface area contributed by atoms with Crippen molar-refractivity contribution in [3.8, 4) is 0 Å². The molecule has 0 amide bonds. The van der Waals surface area contributed by atoms with Crippen molar-refractivity contribution in [1.82, 2.24) is 0 Å². The predicted molar refractivity (Wildman–Crippen MR) is 51.4 cm³/mol. The van der Waals surface area contributed by atoms with Crippen molar-refractivity contribution in [2.24, 2.45) is 11.3 Å². The number of hydrogen-bond donors (Lipinski definition) is 0. The van der Waals surface area contributed by atoms with Crippen LogP contribution < -0.4 is 0 Å². The number of Topliss-reactive ketones (excluding diaryl/α,β-unsaturated/α-hetero) is 1. The van der Waals surface area contributed by atoms with Crippen molar-refractivity contribution in [1.29, 1.82) is 0 Å². The lowest BCUT2D eigenvalue weighted by atomic mass is 9.60. The Balaban J connectivity index is 2.46. The number of fused-ring (bicyclic) bond motifs is 1. The monoisotopic (exact) mass is 194 g/mol. The fraction of sp³-hybridized carbons (Fsp3) is 0.545. The highest BCUT2D eigenvalue weighted by molar-refractivity contribution is 5.97. The number of carbonyl (C=O) groups is 1. The molecule has 2 unspecified atom stereocenters. The van der Waals surface area contributed by atoms with E-state index in [0.29, 0.717) is 18.1 Å². The lowest BCUT2D eigenvalue weighted by molar-refractivity contribution is -0.139. The second-order valence-corrected chi connectivity index (χ2v) is 3.76. The molecule has 2 rings (SSSR count). The summed E-state index contributed by atoms with van der Waals surface area (Å²) >= 11 is 0. The molecule has 0 bridgehead atoms. The van der Waals surface area contributed by atoms with Gasteiger partial charge in [-0.25, -0.2) is 0 Å². The first-order valence-electron chi connectivity index (χ1n) is 4.69. The van der Waals surface area contributed by atoms with Crippen molar-refractivity contribution in [3.05, 3.63) is 24.2 Å². The summed E-state index contributed by atoms with van der Waals surface area (Å²) in [6.07, 6.45) is 3.11. The van der Waals surface area contributed by atoms with Gasteiger partial charge >= 0.3 is 0 Å². The Morgan fingerprint density at radius 3 is 2.57 bits per heavy atom. The minimum absolute atomic E-state index is 0.196. The molecular formula is C11H14O3. The van der Waals surface area contributed by atoms with E-state index in [-0.39, 0.29) is 5.78 Å². The summed E-state index contributed by atoms with van der Waals surface area (Å²) in [6.45, 7) is 3.74. The third kappa shape index (κ3) is 0.800. The van der Waals surface area contributed by atoms with E-state index >= 15 is 0 Å². The van der Waals surface area contributed by atoms with Crippen LogP contribution in [0.5, 0.6) is 0 Å². The van der Waals surface area contributed by atoms with Crippen LogP contribution in [-0.2, 0) is 14.3 Å². The van der Waals surface area contributed by atoms with Gasteiger partial charge in [-0.3, -0.25) is 4.79 Å². The van der Waals surface area contributed by atoms with Crippen molar-refractivity contribution < 1.29 is 14.3 Å². The summed E-state index contributed by atoms with van der Waals surface area (Å²) < 4.78 is 10.5. The first-order chi connectivity index (χ1) is 6.70. The standard InChI is InChI=1S/C11H14O3/c1-4-11-7(6-9(11)12)5-8(13-2)10(11)14-3/h4,7H,1,5-6H2,2-3H3. The summed E-state index contributed by atoms with van der Waals surface area (Å²) in [5.41, 5.74) is -0.569. The zero-order chi connectivity index (χ0) is 10.3. The smallest absolute Gasteiger partial charge is 0.151 e. The van der Waals surface area contributed by atoms with Crippen molar-refractivity contribution in [2.45, 2.75) is 12.8 Å². The van der Waals surface area contributed by atoms with E-state index in [9.17, 15) is 4.79 Å². The van der Waals surface area contributed by atoms with Gasteiger partial charge < -0.3 is 9.47 Å². The zero-order valence-corrected chi connectivity index (χ0v) is 8.50. The van der Waals surface area contributed by atoms with Crippen LogP contribution in [0.25, 0.3) is 0 Å². The van der Waals surface area contributed by atoms with Crippen LogP contribution >= 0.6 is 0 Å². The molecule has 76 valence electrons. The summed E-state index contributed by atoms with van der Waals surface area (Å²) in [5.74, 6) is 1.96. The van der Waals surface area contributed by atoms with Gasteiger partial charge in [-0.1, -0.05) is 6.08 Å². The topological polar surface area (TPSA) is 35.5 Å². The number of rotatable bonds is 3. The van der Waals surface area contributed by atoms with E-state index < -0.39 is 5.41 Å². The molecule has 0 N–H and O–H groups in total. The van der Waals surface area contributed by atoms with Gasteiger partial charge in [0.1, 0.15) is 11.2 Å². The third-order valence-corrected chi connectivity index (χ3v) is 3.37. The third-order valence-electron chi connectivity index (χ3n) is 3.37. The summed E-state index contributed by atoms with van der Waals surface area (Å²) in [5, 5.41) is 0. The molecule has 1 fully saturated rings. The fourth-order valence-electron chi connectivity index (χ4n) is 2.57. The van der Waals surface area contributed by atoms with E-state index in [0.717, 1.165) is 12.2 Å². The first kappa shape index (κ1) is 9.31. The molecule has 0 heterocycles. The zero-order valence-electron chi connectivity index (χ0n) is 8.50. The lowest BCUT2D eigenvalue weighted by Crippen LogP contribution is -2.47. The molecule has 2 aliphatic carbocycles. The van der Waals surface area contributed by atoms with Gasteiger partial charge in [-0.15, -0.1) is 6.58 Å². The van der Waals surface area contributed by atoms with Crippen molar-refractivity contribution in [3.63, 3.8) is 0 Å². The number of carbonyl (C=O) groups excluding carboxylic acids is 1. The van der Waals surface area contributed by atoms with Crippen LogP contribution in [0.4, 0.5) is 0 Å². The van der Waals surface area contributed by atoms with Gasteiger partial charge in [0.05, 0.1) is 14.2 Å². The number of ketones is 1. The normalized spacial score (nSPS) is 35.0. The van der Waals surface area contributed by atoms with Crippen LogP contribution in [0, 0.1) is 11.3 Å². The average Bonchev–Trinajstić information content (AvgIpc) is 2.45. The van der Waals surface area contributed by atoms with Crippen LogP contribution in [0.3, 0.4) is 0 Å². The largest absolute Gasteiger partial charge is 0.498 e. The van der Waals surface area contributed by atoms with Crippen molar-refractivity contribution in [2.75, 3.05) is 14.2 Å². The summed E-state index contributed by atoms with van der Waals surface area (Å²) in [6, 6.07) is 0. The first-order valence-corrected chi connectivity index (χ1v) is 4.69. The quantitative estimate of drug-likeness (QED) is 0.641. The Morgan fingerprint density at radius 2 is 2.14 bits per heavy atom. The highest BCUT2D eigenvalue weighted by Crippen LogP contribution is 2.58. The highest BCUT2D eigenvalue weighted by atomic mass is 16.5. The van der Waals surface area contributed by atoms with Gasteiger partial charge in [-0.05, 0) is 5.92 Å². The summed E-state index contributed by atoms with van der Waals surface area (Å²) in [7, 11) is 3.19. The Bertz CT molecular complexity index is 329. The lowest BCUT2D eigenvalue weighted by Gasteiger charge is -2.41. The van der Waals surface area contributed by atoms with E-state index in [2.05, 4.69) is 6.58 Å². The molecule has 1 saturated carbocycles. The second-order valence-electron chi connectivity index (χ2n) is 3.76. The molecule has 0 aromatic heterocycles. The fourth-order valence-corrected chi connectivity index (χ4v) is 2.57. The number of methoxy groups -OCH3 is 2. The van der Waals surface area contributed by atoms with E-state index in [1.807, 2.05) is 0 Å². The van der Waals surface area contributed by atoms with E-state index in [4.69, 9.17) is 9.47 Å². The van der Waals surface area contributed by atoms with Gasteiger partial charge in [0.25, 0.3) is 0 Å². The predicted octanol–water partition coefficient (Wildman–Crippen LogP) is 1.66. The number of ether oxygens (including phenoxy) is 2.